The van der Waals surface area contributed by atoms with Gasteiger partial charge in [-0.15, -0.1) is 0 Å². The molecule has 106 valence electrons. The lowest BCUT2D eigenvalue weighted by molar-refractivity contribution is 0.107. The minimum Gasteiger partial charge on any atom is -0.378 e. The molecule has 5 nitrogen and oxygen atoms in total. The lowest BCUT2D eigenvalue weighted by Crippen LogP contribution is -2.13. The maximum Gasteiger partial charge on any atom is 0.191 e. The van der Waals surface area contributed by atoms with Crippen LogP contribution in [0.3, 0.4) is 0 Å². The van der Waals surface area contributed by atoms with E-state index in [1.807, 2.05) is 12.3 Å². The van der Waals surface area contributed by atoms with Crippen molar-refractivity contribution in [2.24, 2.45) is 0 Å². The summed E-state index contributed by atoms with van der Waals surface area (Å²) in [5.74, 6) is 1.76. The van der Waals surface area contributed by atoms with Gasteiger partial charge in [0.05, 0.1) is 6.10 Å². The molecule has 1 fully saturated rings. The second-order valence-electron chi connectivity index (χ2n) is 4.51. The second-order valence-corrected chi connectivity index (χ2v) is 5.28. The van der Waals surface area contributed by atoms with Gasteiger partial charge in [-0.1, -0.05) is 11.8 Å². The average Bonchev–Trinajstić information content (AvgIpc) is 2.92. The summed E-state index contributed by atoms with van der Waals surface area (Å²) >= 11 is 1.55. The molecule has 0 radical (unpaired) electrons. The average molecular weight is 282 g/mol. The normalized spacial score (nSPS) is 18.5. The van der Waals surface area contributed by atoms with Crippen LogP contribution in [0.2, 0.25) is 0 Å². The summed E-state index contributed by atoms with van der Waals surface area (Å²) in [6, 6.07) is 1.96. The monoisotopic (exact) mass is 282 g/mol. The van der Waals surface area contributed by atoms with E-state index in [9.17, 15) is 0 Å². The zero-order valence-electron chi connectivity index (χ0n) is 11.6. The molecule has 1 aliphatic heterocycles. The summed E-state index contributed by atoms with van der Waals surface area (Å²) in [4.78, 5) is 8.86. The van der Waals surface area contributed by atoms with Gasteiger partial charge in [-0.2, -0.15) is 0 Å². The Morgan fingerprint density at radius 3 is 2.79 bits per heavy atom. The van der Waals surface area contributed by atoms with Gasteiger partial charge in [0, 0.05) is 25.8 Å². The Balaban J connectivity index is 1.88. The van der Waals surface area contributed by atoms with Crippen LogP contribution in [0, 0.1) is 0 Å². The molecule has 0 amide bonds. The number of rotatable bonds is 7. The van der Waals surface area contributed by atoms with Gasteiger partial charge >= 0.3 is 0 Å². The molecule has 0 bridgehead atoms. The number of hydrogen-bond donors (Lipinski definition) is 2. The molecule has 0 spiro atoms. The highest BCUT2D eigenvalue weighted by atomic mass is 32.2. The fourth-order valence-corrected chi connectivity index (χ4v) is 2.49. The Labute approximate surface area is 118 Å². The van der Waals surface area contributed by atoms with Gasteiger partial charge in [-0.05, 0) is 32.4 Å². The first-order chi connectivity index (χ1) is 9.31. The topological polar surface area (TPSA) is 59.1 Å². The Morgan fingerprint density at radius 1 is 1.37 bits per heavy atom. The minimum atomic E-state index is 0.419. The van der Waals surface area contributed by atoms with E-state index >= 15 is 0 Å². The quantitative estimate of drug-likeness (QED) is 0.592. The molecule has 1 aromatic rings. The van der Waals surface area contributed by atoms with Crippen molar-refractivity contribution in [2.75, 3.05) is 36.6 Å². The molecule has 1 unspecified atom stereocenters. The molecule has 1 atom stereocenters. The van der Waals surface area contributed by atoms with Crippen molar-refractivity contribution in [3.63, 3.8) is 0 Å². The highest BCUT2D eigenvalue weighted by Gasteiger charge is 2.14. The third kappa shape index (κ3) is 4.54. The fraction of sp³-hybridized carbons (Fsp3) is 0.692. The van der Waals surface area contributed by atoms with Crippen molar-refractivity contribution in [2.45, 2.75) is 37.4 Å². The maximum atomic E-state index is 5.61. The molecule has 1 saturated heterocycles. The van der Waals surface area contributed by atoms with Crippen LogP contribution in [-0.4, -0.2) is 42.0 Å². The minimum absolute atomic E-state index is 0.419. The van der Waals surface area contributed by atoms with Gasteiger partial charge < -0.3 is 15.4 Å². The van der Waals surface area contributed by atoms with Crippen molar-refractivity contribution < 1.29 is 4.74 Å². The van der Waals surface area contributed by atoms with Crippen LogP contribution in [0.25, 0.3) is 0 Å². The number of aromatic nitrogens is 2. The number of nitrogens with zero attached hydrogens (tertiary/aromatic N) is 2. The number of nitrogens with one attached hydrogen (secondary N) is 2. The molecule has 1 aliphatic rings. The Morgan fingerprint density at radius 2 is 2.16 bits per heavy atom. The summed E-state index contributed by atoms with van der Waals surface area (Å²) in [5.41, 5.74) is 0. The molecular formula is C13H22N4OS. The lowest BCUT2D eigenvalue weighted by atomic mass is 10.2. The van der Waals surface area contributed by atoms with Crippen LogP contribution in [0.4, 0.5) is 11.6 Å². The third-order valence-electron chi connectivity index (χ3n) is 3.04. The molecule has 0 saturated carbocycles. The van der Waals surface area contributed by atoms with Crippen LogP contribution in [0.1, 0.15) is 26.2 Å². The van der Waals surface area contributed by atoms with Crippen molar-refractivity contribution in [1.29, 1.82) is 0 Å². The molecule has 2 rings (SSSR count). The smallest absolute Gasteiger partial charge is 0.191 e. The zero-order chi connectivity index (χ0) is 13.5. The number of hydrogen-bond acceptors (Lipinski definition) is 6. The lowest BCUT2D eigenvalue weighted by Gasteiger charge is -2.12. The third-order valence-corrected chi connectivity index (χ3v) is 3.59. The predicted octanol–water partition coefficient (Wildman–Crippen LogP) is 2.61. The summed E-state index contributed by atoms with van der Waals surface area (Å²) in [5, 5.41) is 7.38. The van der Waals surface area contributed by atoms with E-state index in [4.69, 9.17) is 4.74 Å². The number of anilines is 2. The van der Waals surface area contributed by atoms with E-state index in [1.54, 1.807) is 11.8 Å². The first-order valence-electron chi connectivity index (χ1n) is 6.84. The van der Waals surface area contributed by atoms with Crippen LogP contribution in [0.15, 0.2) is 11.2 Å². The number of ether oxygens (including phenoxy) is 1. The summed E-state index contributed by atoms with van der Waals surface area (Å²) in [6.07, 6.45) is 5.82. The van der Waals surface area contributed by atoms with Crippen molar-refractivity contribution in [3.8, 4) is 0 Å². The van der Waals surface area contributed by atoms with Crippen LogP contribution >= 0.6 is 11.8 Å². The van der Waals surface area contributed by atoms with E-state index in [0.29, 0.717) is 6.10 Å². The van der Waals surface area contributed by atoms with Gasteiger partial charge in [-0.25, -0.2) is 9.97 Å². The van der Waals surface area contributed by atoms with Crippen LogP contribution < -0.4 is 10.6 Å². The Kier molecular flexibility index (Phi) is 5.72. The van der Waals surface area contributed by atoms with Gasteiger partial charge in [0.15, 0.2) is 5.16 Å². The van der Waals surface area contributed by atoms with Crippen molar-refractivity contribution in [3.05, 3.63) is 6.07 Å². The highest BCUT2D eigenvalue weighted by Crippen LogP contribution is 2.18. The largest absolute Gasteiger partial charge is 0.378 e. The van der Waals surface area contributed by atoms with E-state index in [1.165, 1.54) is 12.8 Å². The second kappa shape index (κ2) is 7.55. The standard InChI is InChI=1S/C13H22N4OS/c1-3-14-11-9-12(17-13(16-11)19-2)15-7-6-10-5-4-8-18-10/h9-10H,3-8H2,1-2H3,(H2,14,15,16,17). The first kappa shape index (κ1) is 14.4. The van der Waals surface area contributed by atoms with Gasteiger partial charge in [0.25, 0.3) is 0 Å². The highest BCUT2D eigenvalue weighted by molar-refractivity contribution is 7.98. The molecule has 2 heterocycles. The fourth-order valence-electron chi connectivity index (χ4n) is 2.11. The van der Waals surface area contributed by atoms with E-state index in [0.717, 1.165) is 42.9 Å². The van der Waals surface area contributed by atoms with Gasteiger partial charge in [0.2, 0.25) is 0 Å². The first-order valence-corrected chi connectivity index (χ1v) is 8.06. The van der Waals surface area contributed by atoms with Gasteiger partial charge in [0.1, 0.15) is 11.6 Å². The predicted molar refractivity (Wildman–Crippen MR) is 80.1 cm³/mol. The SMILES string of the molecule is CCNc1cc(NCCC2CCCO2)nc(SC)n1. The van der Waals surface area contributed by atoms with Crippen LogP contribution in [0.5, 0.6) is 0 Å². The summed E-state index contributed by atoms with van der Waals surface area (Å²) in [7, 11) is 0. The summed E-state index contributed by atoms with van der Waals surface area (Å²) in [6.45, 7) is 4.73. The van der Waals surface area contributed by atoms with E-state index in [-0.39, 0.29) is 0 Å². The maximum absolute atomic E-state index is 5.61. The number of thioether (sulfide) groups is 1. The van der Waals surface area contributed by atoms with Crippen LogP contribution in [-0.2, 0) is 4.74 Å². The molecule has 0 aliphatic carbocycles. The van der Waals surface area contributed by atoms with E-state index in [2.05, 4.69) is 27.5 Å². The molecule has 1 aromatic heterocycles. The summed E-state index contributed by atoms with van der Waals surface area (Å²) < 4.78 is 5.61. The molecule has 19 heavy (non-hydrogen) atoms. The molecule has 6 heteroatoms. The van der Waals surface area contributed by atoms with E-state index < -0.39 is 0 Å². The van der Waals surface area contributed by atoms with Crippen molar-refractivity contribution in [1.82, 2.24) is 9.97 Å². The van der Waals surface area contributed by atoms with Gasteiger partial charge in [-0.3, -0.25) is 0 Å². The molecular weight excluding hydrogens is 260 g/mol. The Bertz CT molecular complexity index is 396. The molecule has 2 N–H and O–H groups in total. The molecule has 0 aromatic carbocycles. The Hall–Kier alpha value is -1.01. The zero-order valence-corrected chi connectivity index (χ0v) is 12.4. The van der Waals surface area contributed by atoms with Crippen molar-refractivity contribution >= 4 is 23.4 Å².